The van der Waals surface area contributed by atoms with E-state index in [0.717, 1.165) is 12.2 Å². The van der Waals surface area contributed by atoms with Gasteiger partial charge in [0, 0.05) is 12.6 Å². The van der Waals surface area contributed by atoms with Crippen molar-refractivity contribution in [3.05, 3.63) is 42.7 Å². The number of para-hydroxylation sites is 2. The Balaban J connectivity index is 1.72. The molecule has 0 saturated carbocycles. The van der Waals surface area contributed by atoms with E-state index in [9.17, 15) is 4.79 Å². The molecule has 2 aromatic rings. The van der Waals surface area contributed by atoms with Gasteiger partial charge >= 0.3 is 0 Å². The molecule has 1 aromatic heterocycles. The summed E-state index contributed by atoms with van der Waals surface area (Å²) in [5, 5.41) is 12.2. The van der Waals surface area contributed by atoms with Crippen molar-refractivity contribution in [3.63, 3.8) is 0 Å². The van der Waals surface area contributed by atoms with Crippen molar-refractivity contribution in [2.75, 3.05) is 12.4 Å². The molecular weight excluding hydrogens is 364 g/mol. The van der Waals surface area contributed by atoms with E-state index in [2.05, 4.69) is 22.1 Å². The SMILES string of the molecule is C=CCn1c(SCC(=O)NC(C)CC)nnc1C1COc2ccccc2O1. The minimum absolute atomic E-state index is 0.0183. The number of hydrogen-bond acceptors (Lipinski definition) is 6. The quantitative estimate of drug-likeness (QED) is 0.553. The van der Waals surface area contributed by atoms with Gasteiger partial charge in [0.05, 0.1) is 5.75 Å². The van der Waals surface area contributed by atoms with Crippen molar-refractivity contribution in [1.29, 1.82) is 0 Å². The normalized spacial score (nSPS) is 16.6. The highest BCUT2D eigenvalue weighted by molar-refractivity contribution is 7.99. The Morgan fingerprint density at radius 1 is 1.44 bits per heavy atom. The second kappa shape index (κ2) is 8.94. The third-order valence-corrected chi connectivity index (χ3v) is 5.17. The second-order valence-corrected chi connectivity index (χ2v) is 7.21. The number of nitrogens with zero attached hydrogens (tertiary/aromatic N) is 3. The molecule has 2 unspecified atom stereocenters. The van der Waals surface area contributed by atoms with Crippen LogP contribution in [0, 0.1) is 0 Å². The fourth-order valence-electron chi connectivity index (χ4n) is 2.64. The van der Waals surface area contributed by atoms with Crippen LogP contribution in [-0.4, -0.2) is 39.1 Å². The highest BCUT2D eigenvalue weighted by atomic mass is 32.2. The lowest BCUT2D eigenvalue weighted by atomic mass is 10.2. The molecule has 0 saturated heterocycles. The molecule has 0 radical (unpaired) electrons. The topological polar surface area (TPSA) is 78.3 Å². The molecule has 144 valence electrons. The van der Waals surface area contributed by atoms with Crippen molar-refractivity contribution < 1.29 is 14.3 Å². The van der Waals surface area contributed by atoms with Crippen molar-refractivity contribution >= 4 is 17.7 Å². The van der Waals surface area contributed by atoms with Crippen molar-refractivity contribution in [3.8, 4) is 11.5 Å². The number of ether oxygens (including phenoxy) is 2. The molecule has 2 heterocycles. The summed E-state index contributed by atoms with van der Waals surface area (Å²) in [4.78, 5) is 12.0. The summed E-state index contributed by atoms with van der Waals surface area (Å²) >= 11 is 1.35. The van der Waals surface area contributed by atoms with E-state index in [1.165, 1.54) is 11.8 Å². The number of nitrogens with one attached hydrogen (secondary N) is 1. The first-order valence-corrected chi connectivity index (χ1v) is 9.95. The number of hydrogen-bond donors (Lipinski definition) is 1. The predicted octanol–water partition coefficient (Wildman–Crippen LogP) is 2.98. The Hall–Kier alpha value is -2.48. The monoisotopic (exact) mass is 388 g/mol. The maximum atomic E-state index is 12.0. The van der Waals surface area contributed by atoms with E-state index in [4.69, 9.17) is 9.47 Å². The van der Waals surface area contributed by atoms with E-state index in [1.54, 1.807) is 6.08 Å². The Bertz CT molecular complexity index is 808. The average molecular weight is 388 g/mol. The maximum Gasteiger partial charge on any atom is 0.230 e. The minimum atomic E-state index is -0.365. The first-order valence-electron chi connectivity index (χ1n) is 8.97. The minimum Gasteiger partial charge on any atom is -0.485 e. The molecule has 0 fully saturated rings. The number of fused-ring (bicyclic) bond motifs is 1. The second-order valence-electron chi connectivity index (χ2n) is 6.27. The lowest BCUT2D eigenvalue weighted by molar-refractivity contribution is -0.119. The molecule has 8 heteroatoms. The van der Waals surface area contributed by atoms with Gasteiger partial charge < -0.3 is 14.8 Å². The summed E-state index contributed by atoms with van der Waals surface area (Å²) in [6.07, 6.45) is 2.30. The number of amides is 1. The molecule has 27 heavy (non-hydrogen) atoms. The van der Waals surface area contributed by atoms with Gasteiger partial charge in [-0.25, -0.2) is 0 Å². The van der Waals surface area contributed by atoms with Gasteiger partial charge in [-0.15, -0.1) is 16.8 Å². The summed E-state index contributed by atoms with van der Waals surface area (Å²) in [6, 6.07) is 7.70. The molecule has 3 rings (SSSR count). The summed E-state index contributed by atoms with van der Waals surface area (Å²) in [7, 11) is 0. The molecular formula is C19H24N4O3S. The van der Waals surface area contributed by atoms with Crippen LogP contribution in [0.5, 0.6) is 11.5 Å². The van der Waals surface area contributed by atoms with E-state index >= 15 is 0 Å². The summed E-state index contributed by atoms with van der Waals surface area (Å²) < 4.78 is 13.7. The molecule has 0 spiro atoms. The molecule has 1 aliphatic rings. The fraction of sp³-hybridized carbons (Fsp3) is 0.421. The van der Waals surface area contributed by atoms with Crippen LogP contribution in [0.1, 0.15) is 32.2 Å². The standard InChI is InChI=1S/C19H24N4O3S/c1-4-10-23-18(16-11-25-14-8-6-7-9-15(14)26-16)21-22-19(23)27-12-17(24)20-13(3)5-2/h4,6-9,13,16H,1,5,10-12H2,2-3H3,(H,20,24). The van der Waals surface area contributed by atoms with E-state index in [1.807, 2.05) is 42.7 Å². The first-order chi connectivity index (χ1) is 13.1. The number of benzene rings is 1. The fourth-order valence-corrected chi connectivity index (χ4v) is 3.41. The summed E-state index contributed by atoms with van der Waals surface area (Å²) in [6.45, 7) is 8.71. The third-order valence-electron chi connectivity index (χ3n) is 4.21. The third kappa shape index (κ3) is 4.63. The molecule has 0 aliphatic carbocycles. The lowest BCUT2D eigenvalue weighted by Gasteiger charge is -2.26. The Labute approximate surface area is 163 Å². The molecule has 7 nitrogen and oxygen atoms in total. The van der Waals surface area contributed by atoms with Gasteiger partial charge in [0.1, 0.15) is 6.61 Å². The smallest absolute Gasteiger partial charge is 0.230 e. The van der Waals surface area contributed by atoms with Crippen LogP contribution in [0.15, 0.2) is 42.1 Å². The number of allylic oxidation sites excluding steroid dienone is 1. The summed E-state index contributed by atoms with van der Waals surface area (Å²) in [5.74, 6) is 2.33. The largest absolute Gasteiger partial charge is 0.485 e. The Morgan fingerprint density at radius 3 is 2.96 bits per heavy atom. The molecule has 2 atom stereocenters. The van der Waals surface area contributed by atoms with Gasteiger partial charge in [0.25, 0.3) is 0 Å². The zero-order valence-electron chi connectivity index (χ0n) is 15.6. The van der Waals surface area contributed by atoms with Crippen LogP contribution >= 0.6 is 11.8 Å². The Morgan fingerprint density at radius 2 is 2.22 bits per heavy atom. The van der Waals surface area contributed by atoms with Crippen molar-refractivity contribution in [2.24, 2.45) is 0 Å². The van der Waals surface area contributed by atoms with Gasteiger partial charge in [-0.2, -0.15) is 0 Å². The highest BCUT2D eigenvalue weighted by Gasteiger charge is 2.28. The van der Waals surface area contributed by atoms with Gasteiger partial charge in [0.2, 0.25) is 5.91 Å². The molecule has 1 N–H and O–H groups in total. The van der Waals surface area contributed by atoms with Gasteiger partial charge in [0.15, 0.2) is 28.6 Å². The lowest BCUT2D eigenvalue weighted by Crippen LogP contribution is -2.33. The molecule has 0 bridgehead atoms. The molecule has 1 aliphatic heterocycles. The zero-order chi connectivity index (χ0) is 19.2. The van der Waals surface area contributed by atoms with Crippen LogP contribution < -0.4 is 14.8 Å². The summed E-state index contributed by atoms with van der Waals surface area (Å²) in [5.41, 5.74) is 0. The van der Waals surface area contributed by atoms with E-state index in [0.29, 0.717) is 29.9 Å². The Kier molecular flexibility index (Phi) is 6.39. The maximum absolute atomic E-state index is 12.0. The van der Waals surface area contributed by atoms with Crippen LogP contribution in [-0.2, 0) is 11.3 Å². The molecule has 1 aromatic carbocycles. The van der Waals surface area contributed by atoms with Crippen LogP contribution in [0.2, 0.25) is 0 Å². The number of thioether (sulfide) groups is 1. The van der Waals surface area contributed by atoms with Gasteiger partial charge in [-0.05, 0) is 25.5 Å². The number of carbonyl (C=O) groups excluding carboxylic acids is 1. The van der Waals surface area contributed by atoms with Crippen molar-refractivity contribution in [1.82, 2.24) is 20.1 Å². The van der Waals surface area contributed by atoms with Gasteiger partial charge in [-0.1, -0.05) is 36.9 Å². The molecule has 1 amide bonds. The van der Waals surface area contributed by atoms with Crippen LogP contribution in [0.3, 0.4) is 0 Å². The van der Waals surface area contributed by atoms with Crippen molar-refractivity contribution in [2.45, 2.75) is 44.1 Å². The number of aromatic nitrogens is 3. The van der Waals surface area contributed by atoms with E-state index in [-0.39, 0.29) is 23.8 Å². The first kappa shape index (κ1) is 19.3. The van der Waals surface area contributed by atoms with E-state index < -0.39 is 0 Å². The van der Waals surface area contributed by atoms with Gasteiger partial charge in [-0.3, -0.25) is 9.36 Å². The highest BCUT2D eigenvalue weighted by Crippen LogP contribution is 2.36. The predicted molar refractivity (Wildman–Crippen MR) is 104 cm³/mol. The average Bonchev–Trinajstić information content (AvgIpc) is 3.09. The van der Waals surface area contributed by atoms with Crippen LogP contribution in [0.4, 0.5) is 0 Å². The number of carbonyl (C=O) groups is 1. The number of rotatable bonds is 8. The zero-order valence-corrected chi connectivity index (χ0v) is 16.4. The van der Waals surface area contributed by atoms with Crippen LogP contribution in [0.25, 0.3) is 0 Å².